The third kappa shape index (κ3) is 5.20. The van der Waals surface area contributed by atoms with Crippen molar-refractivity contribution in [1.29, 1.82) is 5.26 Å². The van der Waals surface area contributed by atoms with E-state index in [4.69, 9.17) is 10.00 Å². The van der Waals surface area contributed by atoms with Gasteiger partial charge in [-0.05, 0) is 73.8 Å². The van der Waals surface area contributed by atoms with E-state index in [0.717, 1.165) is 50.0 Å². The molecule has 0 heterocycles. The van der Waals surface area contributed by atoms with Crippen molar-refractivity contribution in [3.8, 4) is 11.8 Å². The predicted molar refractivity (Wildman–Crippen MR) is 106 cm³/mol. The van der Waals surface area contributed by atoms with Crippen LogP contribution in [-0.4, -0.2) is 5.97 Å². The number of ether oxygens (including phenoxy) is 1. The summed E-state index contributed by atoms with van der Waals surface area (Å²) in [5.74, 6) is 1.43. The third-order valence-electron chi connectivity index (χ3n) is 5.71. The van der Waals surface area contributed by atoms with Gasteiger partial charge in [0.25, 0.3) is 0 Å². The number of carbonyl (C=O) groups excluding carboxylic acids is 1. The van der Waals surface area contributed by atoms with Crippen molar-refractivity contribution >= 4 is 5.97 Å². The number of esters is 1. The third-order valence-corrected chi connectivity index (χ3v) is 5.71. The summed E-state index contributed by atoms with van der Waals surface area (Å²) in [6.45, 7) is 2.23. The quantitative estimate of drug-likeness (QED) is 0.507. The number of aryl methyl sites for hydroxylation is 2. The Morgan fingerprint density at radius 3 is 2.41 bits per heavy atom. The lowest BCUT2D eigenvalue weighted by molar-refractivity contribution is -0.140. The monoisotopic (exact) mass is 361 g/mol. The van der Waals surface area contributed by atoms with E-state index in [1.165, 1.54) is 12.0 Å². The first-order valence-electron chi connectivity index (χ1n) is 9.98. The van der Waals surface area contributed by atoms with E-state index in [1.54, 1.807) is 0 Å². The van der Waals surface area contributed by atoms with Gasteiger partial charge in [0.05, 0.1) is 17.6 Å². The molecule has 1 aliphatic rings. The molecule has 1 saturated carbocycles. The SMILES string of the molecule is CCC1CCC(C(=O)Oc2ccccc2CCc2ccc(C#N)cc2)CC1. The Hall–Kier alpha value is -2.60. The first-order valence-corrected chi connectivity index (χ1v) is 9.98. The van der Waals surface area contributed by atoms with Crippen molar-refractivity contribution in [2.75, 3.05) is 0 Å². The highest BCUT2D eigenvalue weighted by atomic mass is 16.5. The van der Waals surface area contributed by atoms with Gasteiger partial charge in [0.15, 0.2) is 0 Å². The maximum atomic E-state index is 12.6. The topological polar surface area (TPSA) is 50.1 Å². The lowest BCUT2D eigenvalue weighted by Crippen LogP contribution is -2.25. The van der Waals surface area contributed by atoms with Crippen LogP contribution in [0.3, 0.4) is 0 Å². The molecule has 0 spiro atoms. The average Bonchev–Trinajstić information content (AvgIpc) is 2.73. The highest BCUT2D eigenvalue weighted by Gasteiger charge is 2.27. The first kappa shape index (κ1) is 19.2. The molecule has 0 saturated heterocycles. The minimum absolute atomic E-state index is 0.0411. The molecule has 0 amide bonds. The Bertz CT molecular complexity index is 796. The van der Waals surface area contributed by atoms with Crippen LogP contribution in [-0.2, 0) is 17.6 Å². The summed E-state index contributed by atoms with van der Waals surface area (Å²) < 4.78 is 5.80. The van der Waals surface area contributed by atoms with Gasteiger partial charge in [0, 0.05) is 0 Å². The number of carbonyl (C=O) groups is 1. The fourth-order valence-electron chi connectivity index (χ4n) is 3.83. The van der Waals surface area contributed by atoms with Crippen LogP contribution in [0.15, 0.2) is 48.5 Å². The molecule has 27 heavy (non-hydrogen) atoms. The summed E-state index contributed by atoms with van der Waals surface area (Å²) in [5.41, 5.74) is 2.90. The molecule has 2 aromatic carbocycles. The van der Waals surface area contributed by atoms with Gasteiger partial charge in [-0.2, -0.15) is 5.26 Å². The van der Waals surface area contributed by atoms with E-state index >= 15 is 0 Å². The molecule has 3 nitrogen and oxygen atoms in total. The van der Waals surface area contributed by atoms with E-state index < -0.39 is 0 Å². The lowest BCUT2D eigenvalue weighted by Gasteiger charge is -2.26. The van der Waals surface area contributed by atoms with Crippen LogP contribution in [0.1, 0.15) is 55.7 Å². The van der Waals surface area contributed by atoms with E-state index in [1.807, 2.05) is 48.5 Å². The number of hydrogen-bond acceptors (Lipinski definition) is 3. The molecule has 0 radical (unpaired) electrons. The highest BCUT2D eigenvalue weighted by Crippen LogP contribution is 2.32. The molecule has 0 bridgehead atoms. The van der Waals surface area contributed by atoms with E-state index in [-0.39, 0.29) is 11.9 Å². The summed E-state index contributed by atoms with van der Waals surface area (Å²) in [4.78, 5) is 12.6. The van der Waals surface area contributed by atoms with Crippen molar-refractivity contribution in [3.05, 3.63) is 65.2 Å². The summed E-state index contributed by atoms with van der Waals surface area (Å²) in [6, 6.07) is 17.6. The first-order chi connectivity index (χ1) is 13.2. The lowest BCUT2D eigenvalue weighted by atomic mass is 9.81. The maximum Gasteiger partial charge on any atom is 0.314 e. The Balaban J connectivity index is 1.60. The molecule has 2 aromatic rings. The second-order valence-corrected chi connectivity index (χ2v) is 7.46. The van der Waals surface area contributed by atoms with Gasteiger partial charge in [-0.15, -0.1) is 0 Å². The van der Waals surface area contributed by atoms with Crippen molar-refractivity contribution in [3.63, 3.8) is 0 Å². The summed E-state index contributed by atoms with van der Waals surface area (Å²) >= 11 is 0. The van der Waals surface area contributed by atoms with Gasteiger partial charge in [0.1, 0.15) is 5.75 Å². The van der Waals surface area contributed by atoms with Crippen molar-refractivity contribution < 1.29 is 9.53 Å². The van der Waals surface area contributed by atoms with Gasteiger partial charge < -0.3 is 4.74 Å². The van der Waals surface area contributed by atoms with Crippen LogP contribution >= 0.6 is 0 Å². The zero-order valence-electron chi connectivity index (χ0n) is 16.0. The van der Waals surface area contributed by atoms with Gasteiger partial charge in [-0.3, -0.25) is 4.79 Å². The van der Waals surface area contributed by atoms with Crippen LogP contribution in [0, 0.1) is 23.2 Å². The van der Waals surface area contributed by atoms with Crippen LogP contribution < -0.4 is 4.74 Å². The van der Waals surface area contributed by atoms with Crippen LogP contribution in [0.5, 0.6) is 5.75 Å². The second kappa shape index (κ2) is 9.37. The summed E-state index contributed by atoms with van der Waals surface area (Å²) in [6.07, 6.45) is 7.03. The molecule has 0 N–H and O–H groups in total. The maximum absolute atomic E-state index is 12.6. The molecular formula is C24H27NO2. The van der Waals surface area contributed by atoms with Gasteiger partial charge in [-0.25, -0.2) is 0 Å². The molecule has 1 fully saturated rings. The average molecular weight is 361 g/mol. The fraction of sp³-hybridized carbons (Fsp3) is 0.417. The normalized spacial score (nSPS) is 19.3. The summed E-state index contributed by atoms with van der Waals surface area (Å²) in [5, 5.41) is 8.89. The zero-order chi connectivity index (χ0) is 19.1. The number of hydrogen-bond donors (Lipinski definition) is 0. The second-order valence-electron chi connectivity index (χ2n) is 7.46. The molecular weight excluding hydrogens is 334 g/mol. The van der Waals surface area contributed by atoms with Crippen molar-refractivity contribution in [2.45, 2.75) is 51.9 Å². The van der Waals surface area contributed by atoms with Crippen LogP contribution in [0.2, 0.25) is 0 Å². The molecule has 1 aliphatic carbocycles. The smallest absolute Gasteiger partial charge is 0.314 e. The Morgan fingerprint density at radius 2 is 1.74 bits per heavy atom. The molecule has 0 atom stereocenters. The standard InChI is InChI=1S/C24H27NO2/c1-2-18-11-15-22(16-12-18)24(26)27-23-6-4-3-5-21(23)14-13-19-7-9-20(17-25)10-8-19/h3-10,18,22H,2,11-16H2,1H3. The molecule has 3 heteroatoms. The van der Waals surface area contributed by atoms with E-state index in [2.05, 4.69) is 13.0 Å². The van der Waals surface area contributed by atoms with Gasteiger partial charge >= 0.3 is 5.97 Å². The van der Waals surface area contributed by atoms with Gasteiger partial charge in [0.2, 0.25) is 0 Å². The largest absolute Gasteiger partial charge is 0.426 e. The van der Waals surface area contributed by atoms with Crippen LogP contribution in [0.4, 0.5) is 0 Å². The van der Waals surface area contributed by atoms with Crippen molar-refractivity contribution in [1.82, 2.24) is 0 Å². The highest BCUT2D eigenvalue weighted by molar-refractivity contribution is 5.75. The number of para-hydroxylation sites is 1. The summed E-state index contributed by atoms with van der Waals surface area (Å²) in [7, 11) is 0. The number of nitriles is 1. The van der Waals surface area contributed by atoms with E-state index in [9.17, 15) is 4.79 Å². The molecule has 3 rings (SSSR count). The van der Waals surface area contributed by atoms with Crippen LogP contribution in [0.25, 0.3) is 0 Å². The predicted octanol–water partition coefficient (Wildman–Crippen LogP) is 5.47. The number of rotatable bonds is 6. The van der Waals surface area contributed by atoms with Crippen molar-refractivity contribution in [2.24, 2.45) is 11.8 Å². The van der Waals surface area contributed by atoms with E-state index in [0.29, 0.717) is 11.3 Å². The minimum Gasteiger partial charge on any atom is -0.426 e. The molecule has 140 valence electrons. The Labute approximate surface area is 162 Å². The van der Waals surface area contributed by atoms with Gasteiger partial charge in [-0.1, -0.05) is 43.7 Å². The molecule has 0 aromatic heterocycles. The Morgan fingerprint density at radius 1 is 1.04 bits per heavy atom. The minimum atomic E-state index is -0.0737. The molecule has 0 unspecified atom stereocenters. The zero-order valence-corrected chi connectivity index (χ0v) is 16.0. The number of nitrogens with zero attached hydrogens (tertiary/aromatic N) is 1. The Kier molecular flexibility index (Phi) is 6.65. The fourth-order valence-corrected chi connectivity index (χ4v) is 3.83. The molecule has 0 aliphatic heterocycles. The number of benzene rings is 2.